The van der Waals surface area contributed by atoms with E-state index in [-0.39, 0.29) is 0 Å². The van der Waals surface area contributed by atoms with Gasteiger partial charge in [0.1, 0.15) is 12.4 Å². The zero-order valence-electron chi connectivity index (χ0n) is 13.1. The van der Waals surface area contributed by atoms with Crippen LogP contribution in [0.15, 0.2) is 29.3 Å². The normalized spacial score (nSPS) is 11.6. The maximum absolute atomic E-state index is 5.75. The summed E-state index contributed by atoms with van der Waals surface area (Å²) in [5.41, 5.74) is 1.16. The van der Waals surface area contributed by atoms with Crippen LogP contribution < -0.4 is 15.4 Å². The van der Waals surface area contributed by atoms with Gasteiger partial charge in [0.25, 0.3) is 0 Å². The number of aliphatic imine (C=N–C) groups is 1. The molecule has 20 heavy (non-hydrogen) atoms. The molecule has 0 saturated heterocycles. The van der Waals surface area contributed by atoms with Crippen molar-refractivity contribution in [1.82, 2.24) is 10.6 Å². The summed E-state index contributed by atoms with van der Waals surface area (Å²) < 4.78 is 5.75. The molecule has 0 saturated carbocycles. The van der Waals surface area contributed by atoms with Gasteiger partial charge in [-0.25, -0.2) is 0 Å². The van der Waals surface area contributed by atoms with Crippen molar-refractivity contribution >= 4 is 5.96 Å². The van der Waals surface area contributed by atoms with Crippen LogP contribution in [0.5, 0.6) is 5.75 Å². The molecule has 0 aromatic heterocycles. The zero-order valence-corrected chi connectivity index (χ0v) is 13.1. The SMILES string of the molecule is CCNC(=NCC(C)C)NCCOc1ccccc1C. The van der Waals surface area contributed by atoms with Crippen LogP contribution in [0.1, 0.15) is 26.3 Å². The number of guanidine groups is 1. The molecule has 0 amide bonds. The molecule has 0 fully saturated rings. The molecule has 2 N–H and O–H groups in total. The molecular formula is C16H27N3O. The Labute approximate surface area is 122 Å². The number of benzene rings is 1. The third-order valence-electron chi connectivity index (χ3n) is 2.70. The molecule has 1 aromatic rings. The third kappa shape index (κ3) is 6.45. The summed E-state index contributed by atoms with van der Waals surface area (Å²) in [7, 11) is 0. The molecule has 0 radical (unpaired) electrons. The fraction of sp³-hybridized carbons (Fsp3) is 0.562. The van der Waals surface area contributed by atoms with Crippen LogP contribution in [0.4, 0.5) is 0 Å². The van der Waals surface area contributed by atoms with Gasteiger partial charge < -0.3 is 15.4 Å². The highest BCUT2D eigenvalue weighted by molar-refractivity contribution is 5.79. The molecule has 4 heteroatoms. The summed E-state index contributed by atoms with van der Waals surface area (Å²) in [6, 6.07) is 8.05. The molecule has 1 aromatic carbocycles. The molecule has 4 nitrogen and oxygen atoms in total. The van der Waals surface area contributed by atoms with E-state index in [1.807, 2.05) is 18.2 Å². The van der Waals surface area contributed by atoms with Gasteiger partial charge >= 0.3 is 0 Å². The molecule has 0 atom stereocenters. The Hall–Kier alpha value is -1.71. The van der Waals surface area contributed by atoms with E-state index < -0.39 is 0 Å². The molecule has 0 unspecified atom stereocenters. The second-order valence-electron chi connectivity index (χ2n) is 5.15. The summed E-state index contributed by atoms with van der Waals surface area (Å²) in [6.07, 6.45) is 0. The van der Waals surface area contributed by atoms with Gasteiger partial charge in [0.05, 0.1) is 6.54 Å². The molecule has 0 bridgehead atoms. The van der Waals surface area contributed by atoms with Crippen LogP contribution in [0.3, 0.4) is 0 Å². The van der Waals surface area contributed by atoms with Crippen LogP contribution in [0.2, 0.25) is 0 Å². The van der Waals surface area contributed by atoms with Crippen LogP contribution in [0.25, 0.3) is 0 Å². The molecule has 0 heterocycles. The van der Waals surface area contributed by atoms with Gasteiger partial charge in [0.2, 0.25) is 0 Å². The van der Waals surface area contributed by atoms with Crippen molar-refractivity contribution in [3.8, 4) is 5.75 Å². The lowest BCUT2D eigenvalue weighted by atomic mass is 10.2. The smallest absolute Gasteiger partial charge is 0.191 e. The number of para-hydroxylation sites is 1. The first-order valence-corrected chi connectivity index (χ1v) is 7.34. The minimum atomic E-state index is 0.564. The molecule has 0 aliphatic rings. The first-order valence-electron chi connectivity index (χ1n) is 7.34. The molecule has 0 aliphatic carbocycles. The van der Waals surface area contributed by atoms with E-state index in [9.17, 15) is 0 Å². The maximum atomic E-state index is 5.75. The first-order chi connectivity index (χ1) is 9.63. The van der Waals surface area contributed by atoms with E-state index in [0.717, 1.165) is 36.9 Å². The van der Waals surface area contributed by atoms with Crippen molar-refractivity contribution in [2.45, 2.75) is 27.7 Å². The van der Waals surface area contributed by atoms with Crippen LogP contribution in [0, 0.1) is 12.8 Å². The van der Waals surface area contributed by atoms with E-state index in [4.69, 9.17) is 4.74 Å². The summed E-state index contributed by atoms with van der Waals surface area (Å²) in [6.45, 7) is 11.5. The Bertz CT molecular complexity index is 416. The second kappa shape index (κ2) is 9.23. The maximum Gasteiger partial charge on any atom is 0.191 e. The fourth-order valence-corrected chi connectivity index (χ4v) is 1.66. The van der Waals surface area contributed by atoms with Crippen molar-refractivity contribution in [1.29, 1.82) is 0 Å². The standard InChI is InChI=1S/C16H27N3O/c1-5-17-16(19-12-13(2)3)18-10-11-20-15-9-7-6-8-14(15)4/h6-9,13H,5,10-12H2,1-4H3,(H2,17,18,19). The number of nitrogens with one attached hydrogen (secondary N) is 2. The van der Waals surface area contributed by atoms with Gasteiger partial charge in [0.15, 0.2) is 5.96 Å². The minimum Gasteiger partial charge on any atom is -0.491 e. The van der Waals surface area contributed by atoms with E-state index in [0.29, 0.717) is 12.5 Å². The van der Waals surface area contributed by atoms with Gasteiger partial charge in [-0.15, -0.1) is 0 Å². The lowest BCUT2D eigenvalue weighted by Crippen LogP contribution is -2.39. The Balaban J connectivity index is 2.33. The Morgan fingerprint density at radius 2 is 2.00 bits per heavy atom. The largest absolute Gasteiger partial charge is 0.491 e. The molecule has 112 valence electrons. The van der Waals surface area contributed by atoms with Gasteiger partial charge in [-0.2, -0.15) is 0 Å². The van der Waals surface area contributed by atoms with Crippen molar-refractivity contribution in [2.24, 2.45) is 10.9 Å². The van der Waals surface area contributed by atoms with E-state index in [1.165, 1.54) is 0 Å². The van der Waals surface area contributed by atoms with Gasteiger partial charge in [-0.3, -0.25) is 4.99 Å². The van der Waals surface area contributed by atoms with Gasteiger partial charge in [-0.1, -0.05) is 32.0 Å². The number of rotatable bonds is 7. The highest BCUT2D eigenvalue weighted by atomic mass is 16.5. The Kier molecular flexibility index (Phi) is 7.55. The van der Waals surface area contributed by atoms with E-state index in [1.54, 1.807) is 0 Å². The molecule has 1 rings (SSSR count). The predicted molar refractivity (Wildman–Crippen MR) is 85.5 cm³/mol. The number of ether oxygens (including phenoxy) is 1. The van der Waals surface area contributed by atoms with Crippen LogP contribution in [-0.4, -0.2) is 32.2 Å². The van der Waals surface area contributed by atoms with Crippen molar-refractivity contribution in [3.63, 3.8) is 0 Å². The van der Waals surface area contributed by atoms with E-state index in [2.05, 4.69) is 49.4 Å². The van der Waals surface area contributed by atoms with Crippen LogP contribution in [-0.2, 0) is 0 Å². The number of aryl methyl sites for hydroxylation is 1. The van der Waals surface area contributed by atoms with Crippen molar-refractivity contribution < 1.29 is 4.74 Å². The Morgan fingerprint density at radius 1 is 1.25 bits per heavy atom. The van der Waals surface area contributed by atoms with Gasteiger partial charge in [-0.05, 0) is 31.4 Å². The highest BCUT2D eigenvalue weighted by Crippen LogP contribution is 2.15. The molecule has 0 aliphatic heterocycles. The van der Waals surface area contributed by atoms with Gasteiger partial charge in [0, 0.05) is 13.1 Å². The second-order valence-corrected chi connectivity index (χ2v) is 5.15. The number of hydrogen-bond donors (Lipinski definition) is 2. The third-order valence-corrected chi connectivity index (χ3v) is 2.70. The number of hydrogen-bond acceptors (Lipinski definition) is 2. The van der Waals surface area contributed by atoms with E-state index >= 15 is 0 Å². The monoisotopic (exact) mass is 277 g/mol. The van der Waals surface area contributed by atoms with Crippen LogP contribution >= 0.6 is 0 Å². The lowest BCUT2D eigenvalue weighted by molar-refractivity contribution is 0.320. The predicted octanol–water partition coefficient (Wildman–Crippen LogP) is 2.58. The molecule has 0 spiro atoms. The van der Waals surface area contributed by atoms with Crippen molar-refractivity contribution in [2.75, 3.05) is 26.2 Å². The Morgan fingerprint density at radius 3 is 2.65 bits per heavy atom. The summed E-state index contributed by atoms with van der Waals surface area (Å²) in [5, 5.41) is 6.51. The topological polar surface area (TPSA) is 45.7 Å². The first kappa shape index (κ1) is 16.3. The average Bonchev–Trinajstić information content (AvgIpc) is 2.42. The van der Waals surface area contributed by atoms with Crippen molar-refractivity contribution in [3.05, 3.63) is 29.8 Å². The fourth-order valence-electron chi connectivity index (χ4n) is 1.66. The summed E-state index contributed by atoms with van der Waals surface area (Å²) in [5.74, 6) is 2.36. The minimum absolute atomic E-state index is 0.564. The number of nitrogens with zero attached hydrogens (tertiary/aromatic N) is 1. The quantitative estimate of drug-likeness (QED) is 0.457. The highest BCUT2D eigenvalue weighted by Gasteiger charge is 2.00. The summed E-state index contributed by atoms with van der Waals surface area (Å²) >= 11 is 0. The summed E-state index contributed by atoms with van der Waals surface area (Å²) in [4.78, 5) is 4.51. The lowest BCUT2D eigenvalue weighted by Gasteiger charge is -2.13. The average molecular weight is 277 g/mol. The molecular weight excluding hydrogens is 250 g/mol. The zero-order chi connectivity index (χ0) is 14.8.